The summed E-state index contributed by atoms with van der Waals surface area (Å²) in [7, 11) is -4.64. The fourth-order valence-electron chi connectivity index (χ4n) is 5.12. The van der Waals surface area contributed by atoms with Gasteiger partial charge < -0.3 is 19.1 Å². The number of carbonyl (C=O) groups excluding carboxylic acids is 4. The summed E-state index contributed by atoms with van der Waals surface area (Å²) in [5.41, 5.74) is 0.280. The van der Waals surface area contributed by atoms with Crippen molar-refractivity contribution in [2.45, 2.75) is 76.3 Å². The smallest absolute Gasteiger partial charge is 0.409 e. The molecule has 0 saturated carbocycles. The van der Waals surface area contributed by atoms with Gasteiger partial charge in [-0.25, -0.2) is 14.4 Å². The third-order valence-corrected chi connectivity index (χ3v) is 9.41. The van der Waals surface area contributed by atoms with E-state index in [4.69, 9.17) is 18.7 Å². The second-order valence-electron chi connectivity index (χ2n) is 11.4. The Bertz CT molecular complexity index is 1550. The number of alkyl carbamates (subject to hydrolysis) is 1. The van der Waals surface area contributed by atoms with Crippen molar-refractivity contribution in [2.24, 2.45) is 0 Å². The Morgan fingerprint density at radius 3 is 2.04 bits per heavy atom. The molecule has 1 fully saturated rings. The minimum Gasteiger partial charge on any atom is -0.459 e. The lowest BCUT2D eigenvalue weighted by molar-refractivity contribution is -0.156. The average Bonchev–Trinajstić information content (AvgIpc) is 3.61. The van der Waals surface area contributed by atoms with E-state index in [9.17, 15) is 28.6 Å². The SMILES string of the molecule is CC(OC(=O)c1ccccc1)P(=O)(O)OC(CCCCC(=O)[C@]1(C(=O)OCc2ccccc2)CCCN1)NC(=O)OCc1ccccc1. The summed E-state index contributed by atoms with van der Waals surface area (Å²) in [5.74, 6) is -3.33. The van der Waals surface area contributed by atoms with Crippen molar-refractivity contribution in [3.05, 3.63) is 108 Å². The maximum Gasteiger partial charge on any atom is 0.409 e. The summed E-state index contributed by atoms with van der Waals surface area (Å²) in [6, 6.07) is 26.1. The van der Waals surface area contributed by atoms with Gasteiger partial charge in [0.15, 0.2) is 17.2 Å². The number of hydrogen-bond acceptors (Lipinski definition) is 10. The Labute approximate surface area is 279 Å². The number of amides is 1. The maximum atomic E-state index is 13.4. The number of rotatable bonds is 17. The number of unbranched alkanes of at least 4 members (excludes halogenated alkanes) is 1. The van der Waals surface area contributed by atoms with E-state index >= 15 is 0 Å². The number of Topliss-reactive ketones (excluding diaryl/α,β-unsaturated/α-hetero) is 1. The molecule has 0 aliphatic carbocycles. The Kier molecular flexibility index (Phi) is 13.5. The van der Waals surface area contributed by atoms with Crippen LogP contribution in [0.1, 0.15) is 66.9 Å². The molecule has 3 aromatic rings. The van der Waals surface area contributed by atoms with Crippen LogP contribution in [0.5, 0.6) is 0 Å². The lowest BCUT2D eigenvalue weighted by Gasteiger charge is -2.26. The van der Waals surface area contributed by atoms with Crippen molar-refractivity contribution in [1.82, 2.24) is 10.6 Å². The first-order valence-electron chi connectivity index (χ1n) is 15.8. The number of benzene rings is 3. The van der Waals surface area contributed by atoms with Crippen LogP contribution < -0.4 is 10.6 Å². The highest BCUT2D eigenvalue weighted by atomic mass is 31.2. The van der Waals surface area contributed by atoms with Crippen molar-refractivity contribution in [3.8, 4) is 0 Å². The molecule has 0 spiro atoms. The van der Waals surface area contributed by atoms with E-state index in [0.29, 0.717) is 19.4 Å². The number of esters is 2. The molecule has 256 valence electrons. The molecular weight excluding hydrogens is 639 g/mol. The van der Waals surface area contributed by atoms with Gasteiger partial charge in [0.1, 0.15) is 19.4 Å². The number of ether oxygens (including phenoxy) is 3. The first-order valence-corrected chi connectivity index (χ1v) is 17.5. The van der Waals surface area contributed by atoms with Gasteiger partial charge in [0.25, 0.3) is 0 Å². The molecule has 3 aromatic carbocycles. The van der Waals surface area contributed by atoms with Gasteiger partial charge in [-0.2, -0.15) is 0 Å². The van der Waals surface area contributed by atoms with Crippen LogP contribution in [-0.2, 0) is 46.1 Å². The minimum atomic E-state index is -4.64. The van der Waals surface area contributed by atoms with Crippen molar-refractivity contribution in [3.63, 3.8) is 0 Å². The van der Waals surface area contributed by atoms with Gasteiger partial charge in [0.2, 0.25) is 0 Å². The van der Waals surface area contributed by atoms with Crippen molar-refractivity contribution in [2.75, 3.05) is 6.54 Å². The van der Waals surface area contributed by atoms with E-state index in [0.717, 1.165) is 11.1 Å². The molecule has 3 N–H and O–H groups in total. The molecule has 1 heterocycles. The van der Waals surface area contributed by atoms with E-state index < -0.39 is 43.2 Å². The molecule has 12 nitrogen and oxygen atoms in total. The van der Waals surface area contributed by atoms with Crippen molar-refractivity contribution >= 4 is 31.4 Å². The van der Waals surface area contributed by atoms with Gasteiger partial charge in [-0.05, 0) is 68.8 Å². The fourth-order valence-corrected chi connectivity index (χ4v) is 6.05. The summed E-state index contributed by atoms with van der Waals surface area (Å²) in [5, 5.41) is 5.50. The van der Waals surface area contributed by atoms with Crippen LogP contribution in [0.3, 0.4) is 0 Å². The summed E-state index contributed by atoms with van der Waals surface area (Å²) in [6.07, 6.45) is -0.706. The topological polar surface area (TPSA) is 167 Å². The highest BCUT2D eigenvalue weighted by Gasteiger charge is 2.48. The summed E-state index contributed by atoms with van der Waals surface area (Å²) in [6.45, 7) is 1.71. The number of hydrogen-bond donors (Lipinski definition) is 3. The normalized spacial score (nSPS) is 18.1. The van der Waals surface area contributed by atoms with Crippen molar-refractivity contribution in [1.29, 1.82) is 0 Å². The van der Waals surface area contributed by atoms with Gasteiger partial charge >= 0.3 is 25.6 Å². The number of carbonyl (C=O) groups is 4. The molecule has 1 aliphatic heterocycles. The molecule has 3 unspecified atom stereocenters. The van der Waals surface area contributed by atoms with E-state index in [1.165, 1.54) is 19.1 Å². The molecule has 1 amide bonds. The van der Waals surface area contributed by atoms with Crippen LogP contribution in [-0.4, -0.2) is 52.9 Å². The van der Waals surface area contributed by atoms with Gasteiger partial charge in [-0.1, -0.05) is 78.9 Å². The predicted octanol–water partition coefficient (Wildman–Crippen LogP) is 5.64. The molecule has 4 atom stereocenters. The lowest BCUT2D eigenvalue weighted by Crippen LogP contribution is -2.55. The van der Waals surface area contributed by atoms with Gasteiger partial charge in [0, 0.05) is 6.42 Å². The van der Waals surface area contributed by atoms with E-state index in [2.05, 4.69) is 10.6 Å². The number of nitrogens with one attached hydrogen (secondary N) is 2. The first kappa shape index (κ1) is 36.5. The highest BCUT2D eigenvalue weighted by molar-refractivity contribution is 7.53. The fraction of sp³-hybridized carbons (Fsp3) is 0.371. The molecule has 13 heteroatoms. The third kappa shape index (κ3) is 10.6. The van der Waals surface area contributed by atoms with E-state index in [-0.39, 0.29) is 50.2 Å². The van der Waals surface area contributed by atoms with E-state index in [1.54, 1.807) is 42.5 Å². The Hall–Kier alpha value is -4.35. The highest BCUT2D eigenvalue weighted by Crippen LogP contribution is 2.49. The molecule has 0 bridgehead atoms. The third-order valence-electron chi connectivity index (χ3n) is 7.83. The molecule has 0 aromatic heterocycles. The second kappa shape index (κ2) is 17.7. The average molecular weight is 681 g/mol. The molecule has 1 saturated heterocycles. The zero-order chi connectivity index (χ0) is 34.4. The predicted molar refractivity (Wildman–Crippen MR) is 175 cm³/mol. The summed E-state index contributed by atoms with van der Waals surface area (Å²) >= 11 is 0. The molecule has 4 rings (SSSR count). The number of ketones is 1. The van der Waals surface area contributed by atoms with Gasteiger partial charge in [-0.3, -0.25) is 24.5 Å². The van der Waals surface area contributed by atoms with Gasteiger partial charge in [-0.15, -0.1) is 0 Å². The quantitative estimate of drug-likeness (QED) is 0.0403. The van der Waals surface area contributed by atoms with E-state index in [1.807, 2.05) is 36.4 Å². The van der Waals surface area contributed by atoms with Crippen LogP contribution in [0.2, 0.25) is 0 Å². The summed E-state index contributed by atoms with van der Waals surface area (Å²) < 4.78 is 34.6. The Morgan fingerprint density at radius 1 is 0.875 bits per heavy atom. The van der Waals surface area contributed by atoms with Crippen LogP contribution >= 0.6 is 7.60 Å². The Morgan fingerprint density at radius 2 is 1.46 bits per heavy atom. The van der Waals surface area contributed by atoms with Crippen LogP contribution in [0.25, 0.3) is 0 Å². The first-order chi connectivity index (χ1) is 23.1. The molecular formula is C35H41N2O10P. The second-order valence-corrected chi connectivity index (χ2v) is 13.5. The Balaban J connectivity index is 1.35. The summed E-state index contributed by atoms with van der Waals surface area (Å²) in [4.78, 5) is 62.4. The van der Waals surface area contributed by atoms with Crippen LogP contribution in [0.15, 0.2) is 91.0 Å². The zero-order valence-electron chi connectivity index (χ0n) is 26.7. The standard InChI is InChI=1S/C35H41N2O10P/c1-26(46-32(39)29-18-9-4-10-19-29)48(42,43)47-31(37-34(41)45-25-28-16-7-3-8-17-28)21-12-11-20-30(38)35(22-13-23-36-35)33(40)44-24-27-14-5-2-6-15-27/h2-10,14-19,26,31,36H,11-13,20-25H2,1H3,(H,37,41)(H,42,43)/t26?,31?,35-/m0/s1. The minimum absolute atomic E-state index is 0.0104. The van der Waals surface area contributed by atoms with Crippen molar-refractivity contribution < 1.29 is 47.4 Å². The van der Waals surface area contributed by atoms with Crippen LogP contribution in [0, 0.1) is 0 Å². The molecule has 0 radical (unpaired) electrons. The van der Waals surface area contributed by atoms with Gasteiger partial charge in [0.05, 0.1) is 5.56 Å². The zero-order valence-corrected chi connectivity index (χ0v) is 27.6. The molecule has 1 aliphatic rings. The largest absolute Gasteiger partial charge is 0.459 e. The monoisotopic (exact) mass is 680 g/mol. The lowest BCUT2D eigenvalue weighted by atomic mass is 9.89. The van der Waals surface area contributed by atoms with Crippen LogP contribution in [0.4, 0.5) is 4.79 Å². The maximum absolute atomic E-state index is 13.4. The molecule has 48 heavy (non-hydrogen) atoms.